The molecule has 1 fully saturated rings. The number of hydrogen-bond donors (Lipinski definition) is 2. The molecule has 0 aromatic carbocycles. The average molecular weight is 291 g/mol. The van der Waals surface area contributed by atoms with E-state index in [0.717, 1.165) is 16.9 Å². The number of H-pyrrole nitrogens is 1. The van der Waals surface area contributed by atoms with Crippen molar-refractivity contribution >= 4 is 28.8 Å². The zero-order valence-electron chi connectivity index (χ0n) is 12.0. The van der Waals surface area contributed by atoms with Crippen molar-refractivity contribution in [2.45, 2.75) is 38.3 Å². The Labute approximate surface area is 123 Å². The summed E-state index contributed by atoms with van der Waals surface area (Å²) in [6, 6.07) is 3.26. The lowest BCUT2D eigenvalue weighted by Crippen LogP contribution is -2.50. The van der Waals surface area contributed by atoms with Gasteiger partial charge in [0.25, 0.3) is 0 Å². The van der Waals surface area contributed by atoms with E-state index in [0.29, 0.717) is 12.1 Å². The van der Waals surface area contributed by atoms with Crippen molar-refractivity contribution in [3.63, 3.8) is 0 Å². The minimum atomic E-state index is 0.572. The summed E-state index contributed by atoms with van der Waals surface area (Å²) >= 11 is 1.85. The first-order chi connectivity index (χ1) is 9.79. The van der Waals surface area contributed by atoms with E-state index in [4.69, 9.17) is 0 Å². The minimum Gasteiger partial charge on any atom is -0.356 e. The molecule has 0 radical (unpaired) electrons. The lowest BCUT2D eigenvalue weighted by Gasteiger charge is -2.42. The number of hydrogen-bond acceptors (Lipinski definition) is 5. The summed E-state index contributed by atoms with van der Waals surface area (Å²) in [6.45, 7) is 2.21. The molecule has 2 aromatic heterocycles. The zero-order valence-corrected chi connectivity index (χ0v) is 12.8. The first-order valence-corrected chi connectivity index (χ1v) is 8.16. The van der Waals surface area contributed by atoms with Crippen molar-refractivity contribution in [2.75, 3.05) is 17.7 Å². The van der Waals surface area contributed by atoms with Gasteiger partial charge in [0.05, 0.1) is 5.39 Å². The monoisotopic (exact) mass is 291 g/mol. The molecule has 5 nitrogen and oxygen atoms in total. The van der Waals surface area contributed by atoms with Gasteiger partial charge in [-0.15, -0.1) is 0 Å². The molecule has 3 rings (SSSR count). The van der Waals surface area contributed by atoms with E-state index in [-0.39, 0.29) is 0 Å². The van der Waals surface area contributed by atoms with E-state index >= 15 is 0 Å². The van der Waals surface area contributed by atoms with Gasteiger partial charge in [-0.05, 0) is 25.3 Å². The van der Waals surface area contributed by atoms with Crippen LogP contribution in [0.25, 0.3) is 11.0 Å². The van der Waals surface area contributed by atoms with Crippen LogP contribution in [0.5, 0.6) is 0 Å². The fourth-order valence-electron chi connectivity index (χ4n) is 2.59. The van der Waals surface area contributed by atoms with Crippen molar-refractivity contribution < 1.29 is 0 Å². The van der Waals surface area contributed by atoms with Gasteiger partial charge in [0.2, 0.25) is 0 Å². The van der Waals surface area contributed by atoms with Crippen LogP contribution in [0.15, 0.2) is 18.6 Å². The van der Waals surface area contributed by atoms with Gasteiger partial charge in [-0.2, -0.15) is 0 Å². The van der Waals surface area contributed by atoms with Gasteiger partial charge in [0, 0.05) is 31.1 Å². The summed E-state index contributed by atoms with van der Waals surface area (Å²) in [5.41, 5.74) is 0.911. The Bertz CT molecular complexity index is 563. The van der Waals surface area contributed by atoms with Gasteiger partial charge in [0.1, 0.15) is 17.8 Å². The lowest BCUT2D eigenvalue weighted by atomic mass is 9.86. The minimum absolute atomic E-state index is 0.572. The summed E-state index contributed by atoms with van der Waals surface area (Å²) in [6.07, 6.45) is 7.14. The fourth-order valence-corrected chi connectivity index (χ4v) is 3.34. The first kappa shape index (κ1) is 13.7. The molecule has 0 atom stereocenters. The first-order valence-electron chi connectivity index (χ1n) is 7.17. The van der Waals surface area contributed by atoms with Gasteiger partial charge in [-0.25, -0.2) is 9.97 Å². The van der Waals surface area contributed by atoms with Crippen LogP contribution in [0.3, 0.4) is 0 Å². The number of anilines is 1. The summed E-state index contributed by atoms with van der Waals surface area (Å²) in [5, 5.41) is 1.10. The Hall–Kier alpha value is -1.27. The molecule has 108 valence electrons. The Balaban J connectivity index is 1.61. The van der Waals surface area contributed by atoms with Gasteiger partial charge in [0.15, 0.2) is 0 Å². The van der Waals surface area contributed by atoms with Crippen molar-refractivity contribution in [1.82, 2.24) is 19.7 Å². The molecule has 6 heteroatoms. The molecule has 1 aliphatic carbocycles. The number of rotatable bonds is 6. The van der Waals surface area contributed by atoms with Crippen molar-refractivity contribution in [3.05, 3.63) is 18.6 Å². The van der Waals surface area contributed by atoms with Crippen LogP contribution in [0, 0.1) is 0 Å². The fraction of sp³-hybridized carbons (Fsp3) is 0.571. The number of aromatic amines is 1. The maximum Gasteiger partial charge on any atom is 0.142 e. The second-order valence-electron chi connectivity index (χ2n) is 5.34. The van der Waals surface area contributed by atoms with E-state index < -0.39 is 0 Å². The quantitative estimate of drug-likeness (QED) is 0.633. The van der Waals surface area contributed by atoms with Crippen LogP contribution in [-0.2, 0) is 0 Å². The molecule has 0 aliphatic heterocycles. The third kappa shape index (κ3) is 2.62. The van der Waals surface area contributed by atoms with Crippen LogP contribution in [-0.4, -0.2) is 39.8 Å². The van der Waals surface area contributed by atoms with Crippen molar-refractivity contribution in [2.24, 2.45) is 0 Å². The van der Waals surface area contributed by atoms with Gasteiger partial charge in [-0.1, -0.05) is 18.9 Å². The van der Waals surface area contributed by atoms with Crippen LogP contribution in [0.4, 0.5) is 5.82 Å². The molecule has 1 aliphatic rings. The number of nitrogens with zero attached hydrogens (tertiary/aromatic N) is 3. The normalized spacial score (nSPS) is 21.9. The molecule has 0 bridgehead atoms. The SMILES string of the molecule is CCCSN[C@H]1C[C@@H](N(C)c2ncnc3[nH]ccc23)C1. The number of fused-ring (bicyclic) bond motifs is 1. The summed E-state index contributed by atoms with van der Waals surface area (Å²) in [7, 11) is 2.13. The molecule has 20 heavy (non-hydrogen) atoms. The van der Waals surface area contributed by atoms with E-state index in [1.54, 1.807) is 6.33 Å². The molecule has 0 spiro atoms. The largest absolute Gasteiger partial charge is 0.356 e. The second kappa shape index (κ2) is 6.01. The van der Waals surface area contributed by atoms with Crippen molar-refractivity contribution in [1.29, 1.82) is 0 Å². The molecule has 2 aromatic rings. The molecule has 2 N–H and O–H groups in total. The van der Waals surface area contributed by atoms with E-state index in [9.17, 15) is 0 Å². The highest BCUT2D eigenvalue weighted by Gasteiger charge is 2.33. The predicted molar refractivity (Wildman–Crippen MR) is 85.0 cm³/mol. The Morgan fingerprint density at radius 2 is 2.30 bits per heavy atom. The molecule has 1 saturated carbocycles. The summed E-state index contributed by atoms with van der Waals surface area (Å²) in [5.74, 6) is 2.22. The molecular formula is C14H21N5S. The van der Waals surface area contributed by atoms with Crippen LogP contribution < -0.4 is 9.62 Å². The Morgan fingerprint density at radius 1 is 1.45 bits per heavy atom. The maximum absolute atomic E-state index is 4.45. The zero-order chi connectivity index (χ0) is 13.9. The van der Waals surface area contributed by atoms with Crippen LogP contribution in [0.1, 0.15) is 26.2 Å². The topological polar surface area (TPSA) is 56.8 Å². The highest BCUT2D eigenvalue weighted by molar-refractivity contribution is 7.97. The molecule has 0 saturated heterocycles. The third-order valence-electron chi connectivity index (χ3n) is 3.88. The molecule has 0 amide bonds. The van der Waals surface area contributed by atoms with Gasteiger partial charge >= 0.3 is 0 Å². The van der Waals surface area contributed by atoms with E-state index in [1.807, 2.05) is 24.2 Å². The lowest BCUT2D eigenvalue weighted by molar-refractivity contribution is 0.323. The molecule has 2 heterocycles. The van der Waals surface area contributed by atoms with Crippen LogP contribution >= 0.6 is 11.9 Å². The van der Waals surface area contributed by atoms with E-state index in [1.165, 1.54) is 25.0 Å². The highest BCUT2D eigenvalue weighted by Crippen LogP contribution is 2.31. The second-order valence-corrected chi connectivity index (χ2v) is 6.27. The smallest absolute Gasteiger partial charge is 0.142 e. The average Bonchev–Trinajstić information content (AvgIpc) is 2.89. The highest BCUT2D eigenvalue weighted by atomic mass is 32.2. The number of nitrogens with one attached hydrogen (secondary N) is 2. The Morgan fingerprint density at radius 3 is 3.10 bits per heavy atom. The maximum atomic E-state index is 4.45. The molecular weight excluding hydrogens is 270 g/mol. The van der Waals surface area contributed by atoms with Gasteiger partial charge in [-0.3, -0.25) is 4.72 Å². The third-order valence-corrected chi connectivity index (χ3v) is 5.00. The van der Waals surface area contributed by atoms with E-state index in [2.05, 4.69) is 38.5 Å². The molecule has 0 unspecified atom stereocenters. The summed E-state index contributed by atoms with van der Waals surface area (Å²) in [4.78, 5) is 14.1. The van der Waals surface area contributed by atoms with Crippen molar-refractivity contribution in [3.8, 4) is 0 Å². The standard InChI is InChI=1S/C14H21N5S/c1-3-6-20-18-10-7-11(8-10)19(2)14-12-4-5-15-13(12)16-9-17-14/h4-5,9-11,18H,3,6-8H2,1-2H3,(H,15,16,17)/t10-,11+. The predicted octanol–water partition coefficient (Wildman–Crippen LogP) is 2.57. The van der Waals surface area contributed by atoms with Gasteiger partial charge < -0.3 is 9.88 Å². The Kier molecular flexibility index (Phi) is 4.12. The van der Waals surface area contributed by atoms with Crippen LogP contribution in [0.2, 0.25) is 0 Å². The number of aromatic nitrogens is 3. The summed E-state index contributed by atoms with van der Waals surface area (Å²) < 4.78 is 3.54.